The van der Waals surface area contributed by atoms with Gasteiger partial charge in [0.1, 0.15) is 18.5 Å². The number of hydrogen-bond donors (Lipinski definition) is 0. The van der Waals surface area contributed by atoms with Gasteiger partial charge in [-0.25, -0.2) is 4.39 Å². The lowest BCUT2D eigenvalue weighted by atomic mass is 10.2. The third-order valence-electron chi connectivity index (χ3n) is 4.18. The molecule has 1 heterocycles. The number of nitrogens with zero attached hydrogens (tertiary/aromatic N) is 1. The molecule has 27 heavy (non-hydrogen) atoms. The van der Waals surface area contributed by atoms with E-state index >= 15 is 0 Å². The van der Waals surface area contributed by atoms with Gasteiger partial charge >= 0.3 is 0 Å². The molecule has 1 fully saturated rings. The topological polar surface area (TPSA) is 48.0 Å². The first-order valence-corrected chi connectivity index (χ1v) is 9.06. The Bertz CT molecular complexity index is 784. The fourth-order valence-electron chi connectivity index (χ4n) is 2.72. The monoisotopic (exact) mass is 393 g/mol. The number of aryl methyl sites for hydroxylation is 1. The van der Waals surface area contributed by atoms with Crippen LogP contribution in [0.3, 0.4) is 0 Å². The van der Waals surface area contributed by atoms with Crippen LogP contribution < -0.4 is 9.47 Å². The number of ether oxygens (including phenoxy) is 3. The van der Waals surface area contributed by atoms with Crippen LogP contribution in [-0.2, 0) is 9.53 Å². The van der Waals surface area contributed by atoms with Gasteiger partial charge in [0.25, 0.3) is 5.91 Å². The van der Waals surface area contributed by atoms with Gasteiger partial charge in [-0.05, 0) is 48.9 Å². The van der Waals surface area contributed by atoms with Crippen LogP contribution in [0.15, 0.2) is 42.5 Å². The van der Waals surface area contributed by atoms with Crippen LogP contribution in [0.4, 0.5) is 4.39 Å². The molecule has 1 amide bonds. The molecule has 5 nitrogen and oxygen atoms in total. The molecule has 1 unspecified atom stereocenters. The molecular formula is C20H21ClFNO4. The standard InChI is InChI=1S/C20H21ClFNO4/c1-14-2-7-18(22)19(10-14)27-12-17-11-23(8-9-25-17)20(24)13-26-16-5-3-15(21)4-6-16/h2-7,10,17H,8-9,11-13H2,1H3. The maximum atomic E-state index is 13.8. The van der Waals surface area contributed by atoms with E-state index in [1.807, 2.05) is 6.92 Å². The number of morpholine rings is 1. The number of halogens is 2. The molecule has 7 heteroatoms. The summed E-state index contributed by atoms with van der Waals surface area (Å²) in [6.45, 7) is 3.22. The number of hydrogen-bond acceptors (Lipinski definition) is 4. The molecule has 1 aliphatic rings. The summed E-state index contributed by atoms with van der Waals surface area (Å²) in [4.78, 5) is 14.0. The number of carbonyl (C=O) groups is 1. The summed E-state index contributed by atoms with van der Waals surface area (Å²) < 4.78 is 30.4. The highest BCUT2D eigenvalue weighted by Gasteiger charge is 2.25. The molecule has 0 bridgehead atoms. The molecule has 0 radical (unpaired) electrons. The van der Waals surface area contributed by atoms with Crippen molar-refractivity contribution in [2.45, 2.75) is 13.0 Å². The molecule has 1 atom stereocenters. The second-order valence-corrected chi connectivity index (χ2v) is 6.76. The summed E-state index contributed by atoms with van der Waals surface area (Å²) >= 11 is 5.82. The summed E-state index contributed by atoms with van der Waals surface area (Å²) in [7, 11) is 0. The van der Waals surface area contributed by atoms with E-state index in [9.17, 15) is 9.18 Å². The Labute approximate surface area is 162 Å². The van der Waals surface area contributed by atoms with Gasteiger partial charge in [0.05, 0.1) is 13.2 Å². The van der Waals surface area contributed by atoms with Crippen molar-refractivity contribution in [3.05, 3.63) is 58.9 Å². The zero-order valence-corrected chi connectivity index (χ0v) is 15.7. The second-order valence-electron chi connectivity index (χ2n) is 6.32. The predicted molar refractivity (Wildman–Crippen MR) is 99.9 cm³/mol. The molecule has 1 saturated heterocycles. The van der Waals surface area contributed by atoms with E-state index in [0.29, 0.717) is 30.5 Å². The van der Waals surface area contributed by atoms with Crippen molar-refractivity contribution in [3.8, 4) is 11.5 Å². The van der Waals surface area contributed by atoms with Gasteiger partial charge in [-0.2, -0.15) is 0 Å². The summed E-state index contributed by atoms with van der Waals surface area (Å²) in [5.41, 5.74) is 0.909. The Hall–Kier alpha value is -2.31. The highest BCUT2D eigenvalue weighted by atomic mass is 35.5. The number of carbonyl (C=O) groups excluding carboxylic acids is 1. The normalized spacial score (nSPS) is 16.9. The molecule has 2 aromatic carbocycles. The van der Waals surface area contributed by atoms with Crippen LogP contribution in [0.1, 0.15) is 5.56 Å². The van der Waals surface area contributed by atoms with Crippen LogP contribution in [0.25, 0.3) is 0 Å². The van der Waals surface area contributed by atoms with Gasteiger partial charge in [0, 0.05) is 11.6 Å². The minimum Gasteiger partial charge on any atom is -0.488 e. The van der Waals surface area contributed by atoms with Crippen LogP contribution in [0.5, 0.6) is 11.5 Å². The molecule has 1 aliphatic heterocycles. The van der Waals surface area contributed by atoms with Crippen LogP contribution in [0, 0.1) is 12.7 Å². The van der Waals surface area contributed by atoms with E-state index in [-0.39, 0.29) is 31.0 Å². The van der Waals surface area contributed by atoms with Gasteiger partial charge in [-0.3, -0.25) is 4.79 Å². The average Bonchev–Trinajstić information content (AvgIpc) is 2.68. The van der Waals surface area contributed by atoms with Crippen molar-refractivity contribution >= 4 is 17.5 Å². The third kappa shape index (κ3) is 5.58. The van der Waals surface area contributed by atoms with Crippen molar-refractivity contribution in [2.75, 3.05) is 32.9 Å². The molecule has 2 aromatic rings. The Balaban J connectivity index is 1.48. The molecule has 0 aliphatic carbocycles. The quantitative estimate of drug-likeness (QED) is 0.754. The first-order chi connectivity index (χ1) is 13.0. The zero-order chi connectivity index (χ0) is 19.2. The number of rotatable bonds is 6. The fourth-order valence-corrected chi connectivity index (χ4v) is 2.84. The summed E-state index contributed by atoms with van der Waals surface area (Å²) in [6.07, 6.45) is -0.321. The van der Waals surface area contributed by atoms with Gasteiger partial charge in [-0.1, -0.05) is 17.7 Å². The number of benzene rings is 2. The van der Waals surface area contributed by atoms with Gasteiger partial charge in [0.15, 0.2) is 18.2 Å². The molecule has 0 saturated carbocycles. The Morgan fingerprint density at radius 2 is 2.04 bits per heavy atom. The highest BCUT2D eigenvalue weighted by Crippen LogP contribution is 2.19. The molecule has 0 spiro atoms. The minimum absolute atomic E-state index is 0.0677. The molecule has 0 N–H and O–H groups in total. The lowest BCUT2D eigenvalue weighted by Gasteiger charge is -2.32. The molecule has 0 aromatic heterocycles. The van der Waals surface area contributed by atoms with E-state index in [0.717, 1.165) is 5.56 Å². The largest absolute Gasteiger partial charge is 0.488 e. The van der Waals surface area contributed by atoms with Crippen LogP contribution >= 0.6 is 11.6 Å². The fraction of sp³-hybridized carbons (Fsp3) is 0.350. The van der Waals surface area contributed by atoms with Gasteiger partial charge < -0.3 is 19.1 Å². The van der Waals surface area contributed by atoms with Crippen molar-refractivity contribution in [3.63, 3.8) is 0 Å². The smallest absolute Gasteiger partial charge is 0.260 e. The molecule has 144 valence electrons. The van der Waals surface area contributed by atoms with Crippen molar-refractivity contribution < 1.29 is 23.4 Å². The lowest BCUT2D eigenvalue weighted by Crippen LogP contribution is -2.49. The lowest BCUT2D eigenvalue weighted by molar-refractivity contribution is -0.142. The van der Waals surface area contributed by atoms with E-state index in [1.54, 1.807) is 41.3 Å². The number of amides is 1. The SMILES string of the molecule is Cc1ccc(F)c(OCC2CN(C(=O)COc3ccc(Cl)cc3)CCO2)c1. The third-order valence-corrected chi connectivity index (χ3v) is 4.43. The summed E-state index contributed by atoms with van der Waals surface area (Å²) in [6, 6.07) is 11.5. The second kappa shape index (κ2) is 9.06. The zero-order valence-electron chi connectivity index (χ0n) is 15.0. The Morgan fingerprint density at radius 1 is 1.26 bits per heavy atom. The van der Waals surface area contributed by atoms with Gasteiger partial charge in [0.2, 0.25) is 0 Å². The van der Waals surface area contributed by atoms with E-state index in [2.05, 4.69) is 0 Å². The van der Waals surface area contributed by atoms with Crippen LogP contribution in [-0.4, -0.2) is 49.8 Å². The van der Waals surface area contributed by atoms with Crippen molar-refractivity contribution in [1.82, 2.24) is 4.90 Å². The maximum Gasteiger partial charge on any atom is 0.260 e. The first kappa shape index (κ1) is 19.5. The average molecular weight is 394 g/mol. The van der Waals surface area contributed by atoms with E-state index in [4.69, 9.17) is 25.8 Å². The maximum absolute atomic E-state index is 13.8. The Kier molecular flexibility index (Phi) is 6.53. The van der Waals surface area contributed by atoms with E-state index in [1.165, 1.54) is 6.07 Å². The minimum atomic E-state index is -0.416. The van der Waals surface area contributed by atoms with Crippen LogP contribution in [0.2, 0.25) is 5.02 Å². The Morgan fingerprint density at radius 3 is 2.81 bits per heavy atom. The summed E-state index contributed by atoms with van der Waals surface area (Å²) in [5.74, 6) is 0.213. The van der Waals surface area contributed by atoms with E-state index < -0.39 is 5.82 Å². The predicted octanol–water partition coefficient (Wildman–Crippen LogP) is 3.47. The summed E-state index contributed by atoms with van der Waals surface area (Å²) in [5, 5.41) is 0.606. The molecular weight excluding hydrogens is 373 g/mol. The first-order valence-electron chi connectivity index (χ1n) is 8.68. The molecule has 3 rings (SSSR count). The van der Waals surface area contributed by atoms with Crippen molar-refractivity contribution in [1.29, 1.82) is 0 Å². The van der Waals surface area contributed by atoms with Gasteiger partial charge in [-0.15, -0.1) is 0 Å². The van der Waals surface area contributed by atoms with Crippen molar-refractivity contribution in [2.24, 2.45) is 0 Å². The highest BCUT2D eigenvalue weighted by molar-refractivity contribution is 6.30.